The predicted molar refractivity (Wildman–Crippen MR) is 76.9 cm³/mol. The van der Waals surface area contributed by atoms with E-state index >= 15 is 0 Å². The Labute approximate surface area is 121 Å². The van der Waals surface area contributed by atoms with Gasteiger partial charge in [-0.1, -0.05) is 0 Å². The number of benzene rings is 1. The summed E-state index contributed by atoms with van der Waals surface area (Å²) in [5, 5.41) is 10.1. The van der Waals surface area contributed by atoms with Gasteiger partial charge in [-0.3, -0.25) is 0 Å². The van der Waals surface area contributed by atoms with E-state index in [2.05, 4.69) is 11.1 Å². The lowest BCUT2D eigenvalue weighted by Gasteiger charge is -2.12. The monoisotopic (exact) mass is 286 g/mol. The van der Waals surface area contributed by atoms with E-state index < -0.39 is 0 Å². The molecule has 5 heteroatoms. The number of hydrogen-bond donors (Lipinski definition) is 0. The highest BCUT2D eigenvalue weighted by atomic mass is 32.1. The number of ether oxygens (including phenoxy) is 2. The molecule has 0 amide bonds. The number of rotatable bonds is 3. The fourth-order valence-corrected chi connectivity index (χ4v) is 2.89. The van der Waals surface area contributed by atoms with Gasteiger partial charge in [-0.25, -0.2) is 4.98 Å². The molecule has 102 valence electrons. The Kier molecular flexibility index (Phi) is 3.68. The lowest BCUT2D eigenvalue weighted by atomic mass is 10.1. The van der Waals surface area contributed by atoms with Crippen LogP contribution >= 0.6 is 11.3 Å². The molecule has 20 heavy (non-hydrogen) atoms. The summed E-state index contributed by atoms with van der Waals surface area (Å²) in [6, 6.07) is 7.73. The molecule has 0 spiro atoms. The molecule has 4 nitrogen and oxygen atoms in total. The van der Waals surface area contributed by atoms with Crippen LogP contribution in [0.4, 0.5) is 0 Å². The highest BCUT2D eigenvalue weighted by Gasteiger charge is 2.18. The van der Waals surface area contributed by atoms with Crippen LogP contribution in [-0.4, -0.2) is 24.3 Å². The average molecular weight is 286 g/mol. The number of thiazole rings is 1. The molecule has 0 bridgehead atoms. The van der Waals surface area contributed by atoms with Crippen molar-refractivity contribution in [3.05, 3.63) is 34.8 Å². The highest BCUT2D eigenvalue weighted by molar-refractivity contribution is 7.14. The van der Waals surface area contributed by atoms with Crippen molar-refractivity contribution in [1.82, 2.24) is 4.98 Å². The first kappa shape index (κ1) is 13.1. The maximum absolute atomic E-state index is 9.15. The quantitative estimate of drug-likeness (QED) is 0.869. The SMILES string of the molecule is Cc1cnc(-c2cc(C#N)cc(O[C@H]3CCOC3)c2)s1. The Bertz CT molecular complexity index is 654. The van der Waals surface area contributed by atoms with Gasteiger partial charge in [0.25, 0.3) is 0 Å². The summed E-state index contributed by atoms with van der Waals surface area (Å²) >= 11 is 1.61. The lowest BCUT2D eigenvalue weighted by molar-refractivity contribution is 0.141. The maximum Gasteiger partial charge on any atom is 0.124 e. The third-order valence-corrected chi connectivity index (χ3v) is 4.06. The van der Waals surface area contributed by atoms with E-state index in [9.17, 15) is 0 Å². The number of nitrogens with zero attached hydrogens (tertiary/aromatic N) is 2. The zero-order valence-corrected chi connectivity index (χ0v) is 11.9. The topological polar surface area (TPSA) is 55.1 Å². The second-order valence-electron chi connectivity index (χ2n) is 4.74. The molecule has 2 heterocycles. The standard InChI is InChI=1S/C15H14N2O2S/c1-10-8-17-15(20-10)12-4-11(7-16)5-14(6-12)19-13-2-3-18-9-13/h4-6,8,13H,2-3,9H2,1H3/t13-/m0/s1. The molecule has 0 radical (unpaired) electrons. The van der Waals surface area contributed by atoms with Crippen LogP contribution in [0.2, 0.25) is 0 Å². The Hall–Kier alpha value is -1.90. The smallest absolute Gasteiger partial charge is 0.124 e. The predicted octanol–water partition coefficient (Wildman–Crippen LogP) is 3.16. The molecular formula is C15H14N2O2S. The summed E-state index contributed by atoms with van der Waals surface area (Å²) in [5.74, 6) is 0.711. The number of hydrogen-bond acceptors (Lipinski definition) is 5. The molecule has 0 N–H and O–H groups in total. The van der Waals surface area contributed by atoms with E-state index in [1.165, 1.54) is 0 Å². The first-order chi connectivity index (χ1) is 9.74. The van der Waals surface area contributed by atoms with E-state index in [1.54, 1.807) is 17.4 Å². The van der Waals surface area contributed by atoms with Crippen molar-refractivity contribution in [3.8, 4) is 22.4 Å². The van der Waals surface area contributed by atoms with Crippen molar-refractivity contribution in [1.29, 1.82) is 5.26 Å². The molecule has 0 unspecified atom stereocenters. The fourth-order valence-electron chi connectivity index (χ4n) is 2.14. The van der Waals surface area contributed by atoms with E-state index in [4.69, 9.17) is 14.7 Å². The van der Waals surface area contributed by atoms with Crippen molar-refractivity contribution < 1.29 is 9.47 Å². The molecule has 0 saturated carbocycles. The third-order valence-electron chi connectivity index (χ3n) is 3.09. The summed E-state index contributed by atoms with van der Waals surface area (Å²) < 4.78 is 11.2. The van der Waals surface area contributed by atoms with Crippen LogP contribution in [-0.2, 0) is 4.74 Å². The van der Waals surface area contributed by atoms with Crippen molar-refractivity contribution in [2.75, 3.05) is 13.2 Å². The molecular weight excluding hydrogens is 272 g/mol. The first-order valence-corrected chi connectivity index (χ1v) is 7.28. The van der Waals surface area contributed by atoms with Crippen LogP contribution in [0.15, 0.2) is 24.4 Å². The fraction of sp³-hybridized carbons (Fsp3) is 0.333. The van der Waals surface area contributed by atoms with Crippen LogP contribution in [0.1, 0.15) is 16.9 Å². The normalized spacial score (nSPS) is 17.9. The molecule has 1 saturated heterocycles. The zero-order valence-electron chi connectivity index (χ0n) is 11.1. The highest BCUT2D eigenvalue weighted by Crippen LogP contribution is 2.30. The second kappa shape index (κ2) is 5.61. The van der Waals surface area contributed by atoms with Gasteiger partial charge in [0.1, 0.15) is 16.9 Å². The molecule has 1 aromatic carbocycles. The van der Waals surface area contributed by atoms with E-state index in [1.807, 2.05) is 25.3 Å². The van der Waals surface area contributed by atoms with E-state index in [0.29, 0.717) is 17.9 Å². The number of aryl methyl sites for hydroxylation is 1. The summed E-state index contributed by atoms with van der Waals surface area (Å²) in [7, 11) is 0. The van der Waals surface area contributed by atoms with Gasteiger partial charge in [-0.15, -0.1) is 11.3 Å². The molecule has 0 aliphatic carbocycles. The molecule has 1 aliphatic heterocycles. The molecule has 3 rings (SSSR count). The van der Waals surface area contributed by atoms with Crippen molar-refractivity contribution in [2.24, 2.45) is 0 Å². The molecule has 1 fully saturated rings. The van der Waals surface area contributed by atoms with Crippen molar-refractivity contribution >= 4 is 11.3 Å². The third kappa shape index (κ3) is 2.82. The van der Waals surface area contributed by atoms with Gasteiger partial charge in [-0.05, 0) is 25.1 Å². The van der Waals surface area contributed by atoms with Crippen LogP contribution in [0.3, 0.4) is 0 Å². The van der Waals surface area contributed by atoms with Gasteiger partial charge in [0, 0.05) is 23.1 Å². The zero-order chi connectivity index (χ0) is 13.9. The maximum atomic E-state index is 9.15. The number of nitriles is 1. The van der Waals surface area contributed by atoms with Gasteiger partial charge < -0.3 is 9.47 Å². The average Bonchev–Trinajstić information content (AvgIpc) is 3.10. The molecule has 1 atom stereocenters. The number of aromatic nitrogens is 1. The second-order valence-corrected chi connectivity index (χ2v) is 5.97. The van der Waals surface area contributed by atoms with E-state index in [-0.39, 0.29) is 6.10 Å². The summed E-state index contributed by atoms with van der Waals surface area (Å²) in [5.41, 5.74) is 1.51. The van der Waals surface area contributed by atoms with Crippen molar-refractivity contribution in [3.63, 3.8) is 0 Å². The summed E-state index contributed by atoms with van der Waals surface area (Å²) in [4.78, 5) is 5.51. The Morgan fingerprint density at radius 2 is 2.35 bits per heavy atom. The summed E-state index contributed by atoms with van der Waals surface area (Å²) in [6.07, 6.45) is 2.81. The molecule has 1 aliphatic rings. The largest absolute Gasteiger partial charge is 0.488 e. The minimum absolute atomic E-state index is 0.0785. The lowest BCUT2D eigenvalue weighted by Crippen LogP contribution is -2.15. The Morgan fingerprint density at radius 1 is 1.45 bits per heavy atom. The van der Waals surface area contributed by atoms with Crippen LogP contribution in [0.5, 0.6) is 5.75 Å². The van der Waals surface area contributed by atoms with Gasteiger partial charge in [0.05, 0.1) is 24.8 Å². The van der Waals surface area contributed by atoms with Gasteiger partial charge in [-0.2, -0.15) is 5.26 Å². The Morgan fingerprint density at radius 3 is 3.00 bits per heavy atom. The van der Waals surface area contributed by atoms with Gasteiger partial charge in [0.2, 0.25) is 0 Å². The minimum Gasteiger partial charge on any atom is -0.488 e. The molecule has 1 aromatic heterocycles. The van der Waals surface area contributed by atoms with Crippen LogP contribution in [0.25, 0.3) is 10.6 Å². The summed E-state index contributed by atoms with van der Waals surface area (Å²) in [6.45, 7) is 3.37. The molecule has 2 aromatic rings. The first-order valence-electron chi connectivity index (χ1n) is 6.47. The van der Waals surface area contributed by atoms with Gasteiger partial charge in [0.15, 0.2) is 0 Å². The van der Waals surface area contributed by atoms with Crippen LogP contribution in [0, 0.1) is 18.3 Å². The van der Waals surface area contributed by atoms with Crippen LogP contribution < -0.4 is 4.74 Å². The minimum atomic E-state index is 0.0785. The van der Waals surface area contributed by atoms with E-state index in [0.717, 1.165) is 28.5 Å². The van der Waals surface area contributed by atoms with Gasteiger partial charge >= 0.3 is 0 Å². The Balaban J connectivity index is 1.92. The van der Waals surface area contributed by atoms with Crippen molar-refractivity contribution in [2.45, 2.75) is 19.4 Å².